The van der Waals surface area contributed by atoms with E-state index < -0.39 is 0 Å². The lowest BCUT2D eigenvalue weighted by molar-refractivity contribution is -0.137. The third kappa shape index (κ3) is 2.09. The number of benzene rings is 1. The smallest absolute Gasteiger partial charge is 0.225 e. The quantitative estimate of drug-likeness (QED) is 0.812. The summed E-state index contributed by atoms with van der Waals surface area (Å²) in [4.78, 5) is 14.2. The Balaban J connectivity index is 1.64. The second kappa shape index (κ2) is 4.63. The Labute approximate surface area is 108 Å². The van der Waals surface area contributed by atoms with Crippen molar-refractivity contribution in [3.63, 3.8) is 0 Å². The highest BCUT2D eigenvalue weighted by molar-refractivity contribution is 5.80. The van der Waals surface area contributed by atoms with Crippen molar-refractivity contribution in [3.8, 4) is 0 Å². The van der Waals surface area contributed by atoms with Gasteiger partial charge in [-0.3, -0.25) is 4.79 Å². The van der Waals surface area contributed by atoms with Crippen molar-refractivity contribution in [2.45, 2.75) is 31.6 Å². The number of nitrogens with zero attached hydrogens (tertiary/aromatic N) is 1. The molecule has 3 nitrogen and oxygen atoms in total. The monoisotopic (exact) mass is 244 g/mol. The van der Waals surface area contributed by atoms with Crippen LogP contribution < -0.4 is 5.73 Å². The molecule has 0 aromatic heterocycles. The number of amides is 1. The van der Waals surface area contributed by atoms with Crippen molar-refractivity contribution in [2.75, 3.05) is 18.8 Å². The molecule has 1 aromatic carbocycles. The van der Waals surface area contributed by atoms with E-state index in [1.807, 2.05) is 12.1 Å². The van der Waals surface area contributed by atoms with Crippen molar-refractivity contribution in [2.24, 2.45) is 5.92 Å². The standard InChI is InChI=1S/C15H20N2O/c16-14-6-4-11(5-7-14)13-8-9-17(10-13)15(18)12-2-1-3-12/h4-7,12-13H,1-3,8-10,16H2. The lowest BCUT2D eigenvalue weighted by atomic mass is 9.84. The maximum atomic E-state index is 12.2. The molecule has 1 aliphatic heterocycles. The number of hydrogen-bond donors (Lipinski definition) is 1. The molecule has 1 saturated carbocycles. The summed E-state index contributed by atoms with van der Waals surface area (Å²) in [6.45, 7) is 1.81. The van der Waals surface area contributed by atoms with Gasteiger partial charge >= 0.3 is 0 Å². The molecule has 2 aliphatic rings. The van der Waals surface area contributed by atoms with Gasteiger partial charge in [-0.2, -0.15) is 0 Å². The second-order valence-electron chi connectivity index (χ2n) is 5.56. The van der Waals surface area contributed by atoms with E-state index in [-0.39, 0.29) is 0 Å². The van der Waals surface area contributed by atoms with Gasteiger partial charge in [-0.25, -0.2) is 0 Å². The SMILES string of the molecule is Nc1ccc(C2CCN(C(=O)C3CCC3)C2)cc1. The Kier molecular flexibility index (Phi) is 2.98. The molecular formula is C15H20N2O. The van der Waals surface area contributed by atoms with E-state index in [9.17, 15) is 4.79 Å². The molecule has 1 saturated heterocycles. The Morgan fingerprint density at radius 1 is 1.17 bits per heavy atom. The van der Waals surface area contributed by atoms with Gasteiger partial charge in [0.1, 0.15) is 0 Å². The molecule has 18 heavy (non-hydrogen) atoms. The number of hydrogen-bond acceptors (Lipinski definition) is 2. The van der Waals surface area contributed by atoms with Crippen LogP contribution >= 0.6 is 0 Å². The van der Waals surface area contributed by atoms with E-state index >= 15 is 0 Å². The number of likely N-dealkylation sites (tertiary alicyclic amines) is 1. The summed E-state index contributed by atoms with van der Waals surface area (Å²) in [7, 11) is 0. The molecule has 0 bridgehead atoms. The molecule has 3 rings (SSSR count). The average molecular weight is 244 g/mol. The predicted molar refractivity (Wildman–Crippen MR) is 72.1 cm³/mol. The van der Waals surface area contributed by atoms with E-state index in [1.165, 1.54) is 12.0 Å². The van der Waals surface area contributed by atoms with E-state index in [1.54, 1.807) is 0 Å². The van der Waals surface area contributed by atoms with E-state index in [4.69, 9.17) is 5.73 Å². The lowest BCUT2D eigenvalue weighted by Gasteiger charge is -2.29. The maximum absolute atomic E-state index is 12.2. The van der Waals surface area contributed by atoms with Gasteiger partial charge in [0.25, 0.3) is 0 Å². The number of rotatable bonds is 2. The molecule has 1 aliphatic carbocycles. The first kappa shape index (κ1) is 11.6. The van der Waals surface area contributed by atoms with Crippen LogP contribution in [0, 0.1) is 5.92 Å². The van der Waals surface area contributed by atoms with Crippen molar-refractivity contribution in [1.82, 2.24) is 4.90 Å². The van der Waals surface area contributed by atoms with Gasteiger partial charge in [0.15, 0.2) is 0 Å². The molecule has 1 aromatic rings. The van der Waals surface area contributed by atoms with Gasteiger partial charge < -0.3 is 10.6 Å². The van der Waals surface area contributed by atoms with Gasteiger partial charge in [0.2, 0.25) is 5.91 Å². The fourth-order valence-electron chi connectivity index (χ4n) is 2.91. The van der Waals surface area contributed by atoms with Crippen LogP contribution in [-0.2, 0) is 4.79 Å². The molecule has 1 amide bonds. The Morgan fingerprint density at radius 3 is 2.50 bits per heavy atom. The van der Waals surface area contributed by atoms with Crippen LogP contribution in [0.15, 0.2) is 24.3 Å². The first-order valence-corrected chi connectivity index (χ1v) is 6.88. The first-order valence-electron chi connectivity index (χ1n) is 6.88. The number of nitrogens with two attached hydrogens (primary N) is 1. The lowest BCUT2D eigenvalue weighted by Crippen LogP contribution is -2.37. The average Bonchev–Trinajstić information content (AvgIpc) is 2.77. The highest BCUT2D eigenvalue weighted by Gasteiger charge is 2.33. The summed E-state index contributed by atoms with van der Waals surface area (Å²) in [5.74, 6) is 1.21. The molecule has 0 radical (unpaired) electrons. The zero-order chi connectivity index (χ0) is 12.5. The fourth-order valence-corrected chi connectivity index (χ4v) is 2.91. The Morgan fingerprint density at radius 2 is 1.89 bits per heavy atom. The van der Waals surface area contributed by atoms with E-state index in [0.29, 0.717) is 17.7 Å². The summed E-state index contributed by atoms with van der Waals surface area (Å²) in [5, 5.41) is 0. The van der Waals surface area contributed by atoms with Gasteiger partial charge in [-0.05, 0) is 37.0 Å². The fraction of sp³-hybridized carbons (Fsp3) is 0.533. The van der Waals surface area contributed by atoms with E-state index in [0.717, 1.165) is 38.0 Å². The summed E-state index contributed by atoms with van der Waals surface area (Å²) >= 11 is 0. The van der Waals surface area contributed by atoms with Gasteiger partial charge in [-0.15, -0.1) is 0 Å². The van der Waals surface area contributed by atoms with Gasteiger partial charge in [-0.1, -0.05) is 18.6 Å². The highest BCUT2D eigenvalue weighted by Crippen LogP contribution is 2.33. The second-order valence-corrected chi connectivity index (χ2v) is 5.56. The highest BCUT2D eigenvalue weighted by atomic mass is 16.2. The van der Waals surface area contributed by atoms with E-state index in [2.05, 4.69) is 17.0 Å². The van der Waals surface area contributed by atoms with Gasteiger partial charge in [0, 0.05) is 30.6 Å². The van der Waals surface area contributed by atoms with Crippen LogP contribution in [0.25, 0.3) is 0 Å². The first-order chi connectivity index (χ1) is 8.74. The minimum atomic E-state index is 0.329. The molecule has 1 unspecified atom stereocenters. The van der Waals surface area contributed by atoms with Crippen molar-refractivity contribution >= 4 is 11.6 Å². The topological polar surface area (TPSA) is 46.3 Å². The molecule has 1 heterocycles. The van der Waals surface area contributed by atoms with Crippen molar-refractivity contribution < 1.29 is 4.79 Å². The number of anilines is 1. The van der Waals surface area contributed by atoms with Crippen LogP contribution in [0.3, 0.4) is 0 Å². The third-order valence-corrected chi connectivity index (χ3v) is 4.36. The van der Waals surface area contributed by atoms with Crippen LogP contribution in [0.5, 0.6) is 0 Å². The Bertz CT molecular complexity index is 436. The molecule has 0 spiro atoms. The van der Waals surface area contributed by atoms with Crippen molar-refractivity contribution in [1.29, 1.82) is 0 Å². The molecule has 2 N–H and O–H groups in total. The normalized spacial score (nSPS) is 24.0. The molecular weight excluding hydrogens is 224 g/mol. The van der Waals surface area contributed by atoms with Crippen LogP contribution in [-0.4, -0.2) is 23.9 Å². The number of carbonyl (C=O) groups is 1. The number of nitrogen functional groups attached to an aromatic ring is 1. The van der Waals surface area contributed by atoms with Crippen LogP contribution in [0.1, 0.15) is 37.2 Å². The minimum Gasteiger partial charge on any atom is -0.399 e. The van der Waals surface area contributed by atoms with Crippen LogP contribution in [0.2, 0.25) is 0 Å². The zero-order valence-corrected chi connectivity index (χ0v) is 10.6. The molecule has 3 heteroatoms. The number of carbonyl (C=O) groups excluding carboxylic acids is 1. The summed E-state index contributed by atoms with van der Waals surface area (Å²) in [6.07, 6.45) is 4.51. The molecule has 96 valence electrons. The predicted octanol–water partition coefficient (Wildman–Crippen LogP) is 2.38. The van der Waals surface area contributed by atoms with Gasteiger partial charge in [0.05, 0.1) is 0 Å². The molecule has 2 fully saturated rings. The summed E-state index contributed by atoms with van der Waals surface area (Å²) in [6, 6.07) is 8.09. The summed E-state index contributed by atoms with van der Waals surface area (Å²) in [5.41, 5.74) is 7.82. The summed E-state index contributed by atoms with van der Waals surface area (Å²) < 4.78 is 0. The molecule has 1 atom stereocenters. The van der Waals surface area contributed by atoms with Crippen LogP contribution in [0.4, 0.5) is 5.69 Å². The van der Waals surface area contributed by atoms with Crippen molar-refractivity contribution in [3.05, 3.63) is 29.8 Å². The largest absolute Gasteiger partial charge is 0.399 e. The minimum absolute atomic E-state index is 0.329. The maximum Gasteiger partial charge on any atom is 0.225 e. The Hall–Kier alpha value is -1.51. The zero-order valence-electron chi connectivity index (χ0n) is 10.6. The third-order valence-electron chi connectivity index (χ3n) is 4.36.